The first-order valence-electron chi connectivity index (χ1n) is 3.10. The van der Waals surface area contributed by atoms with Crippen LogP contribution in [0.15, 0.2) is 0 Å². The minimum atomic E-state index is -2.61. The zero-order valence-corrected chi connectivity index (χ0v) is 7.39. The Morgan fingerprint density at radius 2 is 2.20 bits per heavy atom. The van der Waals surface area contributed by atoms with E-state index in [1.807, 2.05) is 6.07 Å². The maximum absolute atomic E-state index is 11.2. The van der Waals surface area contributed by atoms with Gasteiger partial charge in [-0.15, -0.1) is 0 Å². The summed E-state index contributed by atoms with van der Waals surface area (Å²) in [5.74, 6) is 0. The third kappa shape index (κ3) is 4.55. The molecule has 0 rings (SSSR count). The summed E-state index contributed by atoms with van der Waals surface area (Å²) in [6, 6.07) is 1.83. The minimum Gasteiger partial charge on any atom is -0.325 e. The van der Waals surface area contributed by atoms with E-state index < -0.39 is 7.37 Å². The van der Waals surface area contributed by atoms with E-state index in [-0.39, 0.29) is 12.3 Å². The molecule has 0 aliphatic heterocycles. The Bertz CT molecular complexity index is 183. The van der Waals surface area contributed by atoms with Crippen molar-refractivity contribution >= 4 is 7.37 Å². The van der Waals surface area contributed by atoms with Gasteiger partial charge >= 0.3 is 0 Å². The normalized spacial score (nSPS) is 16.3. The Hall–Kier alpha value is -0.320. The Balaban J connectivity index is 3.91. The monoisotopic (exact) mass is 161 g/mol. The van der Waals surface area contributed by atoms with Crippen LogP contribution in [0.4, 0.5) is 0 Å². The zero-order chi connectivity index (χ0) is 8.20. The molecule has 0 aromatic heterocycles. The number of hydrogen-bond donors (Lipinski definition) is 0. The van der Waals surface area contributed by atoms with Crippen molar-refractivity contribution in [3.8, 4) is 6.07 Å². The van der Waals surface area contributed by atoms with Gasteiger partial charge in [-0.1, -0.05) is 0 Å². The lowest BCUT2D eigenvalue weighted by Gasteiger charge is -2.12. The van der Waals surface area contributed by atoms with E-state index in [1.54, 1.807) is 13.8 Å². The first-order valence-corrected chi connectivity index (χ1v) is 5.35. The van der Waals surface area contributed by atoms with Gasteiger partial charge in [-0.05, 0) is 13.8 Å². The van der Waals surface area contributed by atoms with Crippen LogP contribution in [0, 0.1) is 11.3 Å². The summed E-state index contributed by atoms with van der Waals surface area (Å²) in [5.41, 5.74) is 0. The van der Waals surface area contributed by atoms with E-state index in [0.29, 0.717) is 0 Å². The van der Waals surface area contributed by atoms with Crippen molar-refractivity contribution < 1.29 is 9.09 Å². The highest BCUT2D eigenvalue weighted by Gasteiger charge is 2.16. The Labute approximate surface area is 61.4 Å². The molecule has 1 atom stereocenters. The molecule has 0 aliphatic rings. The smallest absolute Gasteiger partial charge is 0.214 e. The third-order valence-corrected chi connectivity index (χ3v) is 2.38. The highest BCUT2D eigenvalue weighted by Crippen LogP contribution is 2.42. The van der Waals surface area contributed by atoms with Gasteiger partial charge in [-0.3, -0.25) is 4.57 Å². The molecule has 0 N–H and O–H groups in total. The Morgan fingerprint density at radius 1 is 1.70 bits per heavy atom. The van der Waals surface area contributed by atoms with Crippen molar-refractivity contribution in [2.24, 2.45) is 0 Å². The summed E-state index contributed by atoms with van der Waals surface area (Å²) in [6.07, 6.45) is -0.0604. The van der Waals surface area contributed by atoms with Gasteiger partial charge in [0.2, 0.25) is 7.37 Å². The molecular weight excluding hydrogens is 149 g/mol. The molecule has 0 saturated heterocycles. The van der Waals surface area contributed by atoms with Gasteiger partial charge in [-0.25, -0.2) is 0 Å². The second-order valence-electron chi connectivity index (χ2n) is 2.48. The maximum Gasteiger partial charge on any atom is 0.214 e. The Morgan fingerprint density at radius 3 is 2.50 bits per heavy atom. The number of nitriles is 1. The van der Waals surface area contributed by atoms with E-state index in [4.69, 9.17) is 9.79 Å². The van der Waals surface area contributed by atoms with Crippen molar-refractivity contribution in [2.45, 2.75) is 20.0 Å². The maximum atomic E-state index is 11.2. The van der Waals surface area contributed by atoms with Crippen molar-refractivity contribution in [3.05, 3.63) is 0 Å². The summed E-state index contributed by atoms with van der Waals surface area (Å²) >= 11 is 0. The highest BCUT2D eigenvalue weighted by atomic mass is 31.2. The molecule has 0 aromatic rings. The average molecular weight is 161 g/mol. The predicted molar refractivity (Wildman–Crippen MR) is 40.2 cm³/mol. The number of rotatable bonds is 3. The van der Waals surface area contributed by atoms with E-state index in [9.17, 15) is 4.57 Å². The van der Waals surface area contributed by atoms with Crippen LogP contribution >= 0.6 is 7.37 Å². The van der Waals surface area contributed by atoms with E-state index >= 15 is 0 Å². The van der Waals surface area contributed by atoms with Crippen molar-refractivity contribution in [1.82, 2.24) is 0 Å². The molecule has 0 spiro atoms. The Kier molecular flexibility index (Phi) is 3.63. The summed E-state index contributed by atoms with van der Waals surface area (Å²) in [5, 5.41) is 8.21. The summed E-state index contributed by atoms with van der Waals surface area (Å²) in [6.45, 7) is 5.08. The van der Waals surface area contributed by atoms with E-state index in [0.717, 1.165) is 0 Å². The van der Waals surface area contributed by atoms with Crippen LogP contribution in [0.3, 0.4) is 0 Å². The fourth-order valence-corrected chi connectivity index (χ4v) is 1.84. The van der Waals surface area contributed by atoms with Gasteiger partial charge in [0.1, 0.15) is 6.16 Å². The van der Waals surface area contributed by atoms with Gasteiger partial charge < -0.3 is 4.52 Å². The van der Waals surface area contributed by atoms with E-state index in [1.165, 1.54) is 6.66 Å². The largest absolute Gasteiger partial charge is 0.325 e. The molecule has 0 aliphatic carbocycles. The van der Waals surface area contributed by atoms with Crippen LogP contribution in [0.1, 0.15) is 13.8 Å². The zero-order valence-electron chi connectivity index (χ0n) is 6.50. The quantitative estimate of drug-likeness (QED) is 0.593. The first-order chi connectivity index (χ1) is 4.48. The van der Waals surface area contributed by atoms with Gasteiger partial charge in [0.15, 0.2) is 0 Å². The average Bonchev–Trinajstić information content (AvgIpc) is 1.59. The van der Waals surface area contributed by atoms with Gasteiger partial charge in [-0.2, -0.15) is 5.26 Å². The van der Waals surface area contributed by atoms with Crippen molar-refractivity contribution in [2.75, 3.05) is 12.8 Å². The van der Waals surface area contributed by atoms with Crippen molar-refractivity contribution in [1.29, 1.82) is 5.26 Å². The predicted octanol–water partition coefficient (Wildman–Crippen LogP) is 1.84. The molecule has 4 heteroatoms. The minimum absolute atomic E-state index is 0.00514. The molecule has 0 amide bonds. The lowest BCUT2D eigenvalue weighted by Crippen LogP contribution is -2.01. The lowest BCUT2D eigenvalue weighted by molar-refractivity contribution is 0.248. The van der Waals surface area contributed by atoms with Gasteiger partial charge in [0.05, 0.1) is 12.2 Å². The van der Waals surface area contributed by atoms with Crippen LogP contribution in [0.25, 0.3) is 0 Å². The van der Waals surface area contributed by atoms with Gasteiger partial charge in [0, 0.05) is 6.66 Å². The molecule has 0 radical (unpaired) electrons. The fourth-order valence-electron chi connectivity index (χ4n) is 0.612. The second-order valence-corrected chi connectivity index (χ2v) is 5.04. The molecule has 0 bridgehead atoms. The molecule has 0 heterocycles. The third-order valence-electron chi connectivity index (χ3n) is 0.792. The highest BCUT2D eigenvalue weighted by molar-refractivity contribution is 7.58. The van der Waals surface area contributed by atoms with Crippen LogP contribution in [0.5, 0.6) is 0 Å². The lowest BCUT2D eigenvalue weighted by atomic mass is 10.5. The number of hydrogen-bond acceptors (Lipinski definition) is 3. The second kappa shape index (κ2) is 3.75. The molecule has 1 unspecified atom stereocenters. The molecule has 3 nitrogen and oxygen atoms in total. The number of nitrogens with zero attached hydrogens (tertiary/aromatic N) is 1. The molecule has 0 aromatic carbocycles. The van der Waals surface area contributed by atoms with Crippen LogP contribution in [0.2, 0.25) is 0 Å². The summed E-state index contributed by atoms with van der Waals surface area (Å²) in [4.78, 5) is 0. The molecular formula is C6H12NO2P. The topological polar surface area (TPSA) is 50.1 Å². The van der Waals surface area contributed by atoms with Crippen molar-refractivity contribution in [3.63, 3.8) is 0 Å². The van der Waals surface area contributed by atoms with Crippen LogP contribution < -0.4 is 0 Å². The summed E-state index contributed by atoms with van der Waals surface area (Å²) < 4.78 is 16.2. The van der Waals surface area contributed by atoms with Gasteiger partial charge in [0.25, 0.3) is 0 Å². The molecule has 10 heavy (non-hydrogen) atoms. The molecule has 58 valence electrons. The standard InChI is InChI=1S/C6H12NO2P/c1-6(2)9-10(3,8)5-4-7/h6H,5H2,1-3H3. The fraction of sp³-hybridized carbons (Fsp3) is 0.833. The molecule has 0 saturated carbocycles. The SMILES string of the molecule is CC(C)OP(C)(=O)CC#N. The van der Waals surface area contributed by atoms with Crippen LogP contribution in [-0.2, 0) is 9.09 Å². The molecule has 0 fully saturated rings. The summed E-state index contributed by atoms with van der Waals surface area (Å²) in [7, 11) is -2.61. The first kappa shape index (κ1) is 9.68. The van der Waals surface area contributed by atoms with Crippen LogP contribution in [-0.4, -0.2) is 18.9 Å². The van der Waals surface area contributed by atoms with E-state index in [2.05, 4.69) is 0 Å².